The van der Waals surface area contributed by atoms with Gasteiger partial charge in [0, 0.05) is 18.3 Å². The van der Waals surface area contributed by atoms with Crippen LogP contribution in [0.5, 0.6) is 0 Å². The lowest BCUT2D eigenvalue weighted by atomic mass is 10.0. The summed E-state index contributed by atoms with van der Waals surface area (Å²) in [6.45, 7) is 0.876. The van der Waals surface area contributed by atoms with E-state index in [4.69, 9.17) is 5.73 Å². The van der Waals surface area contributed by atoms with Gasteiger partial charge in [0.1, 0.15) is 6.54 Å². The number of fused-ring (bicyclic) bond motifs is 1. The summed E-state index contributed by atoms with van der Waals surface area (Å²) in [4.78, 5) is 18.5. The Morgan fingerprint density at radius 1 is 1.26 bits per heavy atom. The second-order valence-electron chi connectivity index (χ2n) is 6.10. The molecule has 1 fully saturated rings. The van der Waals surface area contributed by atoms with Crippen molar-refractivity contribution in [3.63, 3.8) is 0 Å². The highest BCUT2D eigenvalue weighted by atomic mass is 127. The molecule has 1 amide bonds. The van der Waals surface area contributed by atoms with Gasteiger partial charge in [0.25, 0.3) is 0 Å². The van der Waals surface area contributed by atoms with E-state index in [1.54, 1.807) is 0 Å². The van der Waals surface area contributed by atoms with E-state index < -0.39 is 0 Å². The van der Waals surface area contributed by atoms with E-state index in [2.05, 4.69) is 16.4 Å². The van der Waals surface area contributed by atoms with Crippen molar-refractivity contribution in [1.29, 1.82) is 0 Å². The number of para-hydroxylation sites is 1. The van der Waals surface area contributed by atoms with Crippen LogP contribution in [0.25, 0.3) is 0 Å². The van der Waals surface area contributed by atoms with Crippen LogP contribution in [0.15, 0.2) is 29.3 Å². The van der Waals surface area contributed by atoms with Gasteiger partial charge in [-0.3, -0.25) is 4.79 Å². The molecule has 0 atom stereocenters. The first-order valence-corrected chi connectivity index (χ1v) is 8.19. The lowest BCUT2D eigenvalue weighted by Gasteiger charge is -2.29. The molecular weight excluding hydrogens is 403 g/mol. The number of hydrogen-bond acceptors (Lipinski definition) is 2. The fraction of sp³-hybridized carbons (Fsp3) is 0.529. The second-order valence-corrected chi connectivity index (χ2v) is 6.10. The van der Waals surface area contributed by atoms with Crippen LogP contribution in [0.1, 0.15) is 37.7 Å². The van der Waals surface area contributed by atoms with Gasteiger partial charge in [-0.2, -0.15) is 0 Å². The molecule has 1 aromatic carbocycles. The Labute approximate surface area is 154 Å². The third-order valence-electron chi connectivity index (χ3n) is 4.50. The summed E-state index contributed by atoms with van der Waals surface area (Å²) in [6, 6.07) is 8.53. The highest BCUT2D eigenvalue weighted by Gasteiger charge is 2.22. The van der Waals surface area contributed by atoms with E-state index >= 15 is 0 Å². The Morgan fingerprint density at radius 2 is 2.00 bits per heavy atom. The van der Waals surface area contributed by atoms with Gasteiger partial charge < -0.3 is 16.0 Å². The summed E-state index contributed by atoms with van der Waals surface area (Å²) in [5.74, 6) is 0.411. The number of hydrogen-bond donors (Lipinski definition) is 2. The van der Waals surface area contributed by atoms with Crippen LogP contribution in [-0.4, -0.2) is 31.0 Å². The Hall–Kier alpha value is -1.31. The molecule has 3 rings (SSSR count). The van der Waals surface area contributed by atoms with Crippen molar-refractivity contribution in [3.8, 4) is 0 Å². The predicted octanol–water partition coefficient (Wildman–Crippen LogP) is 2.43. The van der Waals surface area contributed by atoms with Crippen molar-refractivity contribution in [3.05, 3.63) is 29.8 Å². The molecule has 0 bridgehead atoms. The molecule has 0 spiro atoms. The van der Waals surface area contributed by atoms with Crippen LogP contribution >= 0.6 is 24.0 Å². The molecule has 0 radical (unpaired) electrons. The topological polar surface area (TPSA) is 70.7 Å². The maximum atomic E-state index is 12.4. The number of nitrogens with two attached hydrogens (primary N) is 1. The zero-order valence-electron chi connectivity index (χ0n) is 13.3. The number of nitrogens with zero attached hydrogens (tertiary/aromatic N) is 2. The average Bonchev–Trinajstić information content (AvgIpc) is 3.05. The highest BCUT2D eigenvalue weighted by molar-refractivity contribution is 14.0. The van der Waals surface area contributed by atoms with Crippen LogP contribution in [0.4, 0.5) is 5.69 Å². The largest absolute Gasteiger partial charge is 0.370 e. The van der Waals surface area contributed by atoms with Gasteiger partial charge in [0.05, 0.1) is 0 Å². The number of aryl methyl sites for hydroxylation is 1. The molecule has 5 nitrogen and oxygen atoms in total. The number of aliphatic imine (C=N–C) groups is 1. The van der Waals surface area contributed by atoms with Crippen molar-refractivity contribution in [1.82, 2.24) is 5.32 Å². The fourth-order valence-corrected chi connectivity index (χ4v) is 3.36. The summed E-state index contributed by atoms with van der Waals surface area (Å²) in [6.07, 6.45) is 6.81. The number of amides is 1. The molecule has 0 aromatic heterocycles. The molecule has 0 unspecified atom stereocenters. The summed E-state index contributed by atoms with van der Waals surface area (Å²) in [5, 5.41) is 3.21. The Bertz CT molecular complexity index is 569. The van der Waals surface area contributed by atoms with Crippen molar-refractivity contribution >= 4 is 41.5 Å². The average molecular weight is 428 g/mol. The van der Waals surface area contributed by atoms with E-state index in [9.17, 15) is 4.79 Å². The summed E-state index contributed by atoms with van der Waals surface area (Å²) < 4.78 is 0. The molecule has 1 aromatic rings. The zero-order chi connectivity index (χ0) is 15.4. The number of nitrogens with one attached hydrogen (secondary N) is 1. The van der Waals surface area contributed by atoms with Crippen LogP contribution in [0, 0.1) is 0 Å². The highest BCUT2D eigenvalue weighted by Crippen LogP contribution is 2.26. The van der Waals surface area contributed by atoms with Crippen molar-refractivity contribution in [2.75, 3.05) is 18.0 Å². The molecule has 3 N–H and O–H groups in total. The third kappa shape index (κ3) is 4.59. The number of benzene rings is 1. The summed E-state index contributed by atoms with van der Waals surface area (Å²) in [5.41, 5.74) is 8.16. The number of rotatable bonds is 3. The zero-order valence-corrected chi connectivity index (χ0v) is 15.7. The number of halogens is 1. The van der Waals surface area contributed by atoms with E-state index in [0.29, 0.717) is 12.0 Å². The first-order chi connectivity index (χ1) is 10.7. The van der Waals surface area contributed by atoms with E-state index in [1.165, 1.54) is 18.4 Å². The van der Waals surface area contributed by atoms with Gasteiger partial charge in [0.15, 0.2) is 5.96 Å². The minimum absolute atomic E-state index is 0. The molecule has 2 aliphatic rings. The molecule has 1 aliphatic heterocycles. The van der Waals surface area contributed by atoms with Gasteiger partial charge >= 0.3 is 0 Å². The first-order valence-electron chi connectivity index (χ1n) is 8.19. The predicted molar refractivity (Wildman–Crippen MR) is 104 cm³/mol. The minimum atomic E-state index is 0. The standard InChI is InChI=1S/C17H24N4O.HI/c18-17(20-14-8-2-3-9-14)19-12-16(22)21-11-5-7-13-6-1-4-10-15(13)21;/h1,4,6,10,14H,2-3,5,7-9,11-12H2,(H3,18,19,20);1H. The van der Waals surface area contributed by atoms with Gasteiger partial charge in [-0.1, -0.05) is 31.0 Å². The van der Waals surface area contributed by atoms with Crippen LogP contribution in [0.3, 0.4) is 0 Å². The maximum absolute atomic E-state index is 12.4. The molecule has 1 heterocycles. The van der Waals surface area contributed by atoms with Gasteiger partial charge in [-0.25, -0.2) is 4.99 Å². The van der Waals surface area contributed by atoms with Crippen LogP contribution in [-0.2, 0) is 11.2 Å². The Kier molecular flexibility index (Phi) is 6.68. The third-order valence-corrected chi connectivity index (χ3v) is 4.50. The molecule has 1 aliphatic carbocycles. The first kappa shape index (κ1) is 18.0. The van der Waals surface area contributed by atoms with Gasteiger partial charge in [-0.15, -0.1) is 24.0 Å². The Morgan fingerprint density at radius 3 is 2.78 bits per heavy atom. The maximum Gasteiger partial charge on any atom is 0.248 e. The SMILES string of the molecule is I.NC(=NCC(=O)N1CCCc2ccccc21)NC1CCCC1. The van der Waals surface area contributed by atoms with Crippen LogP contribution in [0.2, 0.25) is 0 Å². The monoisotopic (exact) mass is 428 g/mol. The summed E-state index contributed by atoms with van der Waals surface area (Å²) in [7, 11) is 0. The molecule has 126 valence electrons. The normalized spacial score (nSPS) is 18.3. The molecular formula is C17H25IN4O. The number of guanidine groups is 1. The van der Waals surface area contributed by atoms with Crippen LogP contribution < -0.4 is 16.0 Å². The van der Waals surface area contributed by atoms with Gasteiger partial charge in [-0.05, 0) is 37.3 Å². The minimum Gasteiger partial charge on any atom is -0.370 e. The van der Waals surface area contributed by atoms with E-state index in [-0.39, 0.29) is 36.4 Å². The lowest BCUT2D eigenvalue weighted by molar-refractivity contribution is -0.117. The molecule has 1 saturated carbocycles. The molecule has 0 saturated heterocycles. The summed E-state index contributed by atoms with van der Waals surface area (Å²) >= 11 is 0. The van der Waals surface area contributed by atoms with Crippen molar-refractivity contribution in [2.24, 2.45) is 10.7 Å². The molecule has 23 heavy (non-hydrogen) atoms. The van der Waals surface area contributed by atoms with Gasteiger partial charge in [0.2, 0.25) is 5.91 Å². The fourth-order valence-electron chi connectivity index (χ4n) is 3.36. The van der Waals surface area contributed by atoms with E-state index in [1.807, 2.05) is 23.1 Å². The van der Waals surface area contributed by atoms with Crippen molar-refractivity contribution in [2.45, 2.75) is 44.6 Å². The molecule has 6 heteroatoms. The number of anilines is 1. The number of carbonyl (C=O) groups excluding carboxylic acids is 1. The quantitative estimate of drug-likeness (QED) is 0.442. The second kappa shape index (κ2) is 8.52. The lowest BCUT2D eigenvalue weighted by Crippen LogP contribution is -2.41. The van der Waals surface area contributed by atoms with E-state index in [0.717, 1.165) is 37.9 Å². The van der Waals surface area contributed by atoms with Crippen molar-refractivity contribution < 1.29 is 4.79 Å². The number of carbonyl (C=O) groups is 1. The smallest absolute Gasteiger partial charge is 0.248 e. The Balaban J connectivity index is 0.00000192.